The van der Waals surface area contributed by atoms with Crippen molar-refractivity contribution in [1.29, 1.82) is 0 Å². The summed E-state index contributed by atoms with van der Waals surface area (Å²) in [5, 5.41) is 12.0. The van der Waals surface area contributed by atoms with Crippen molar-refractivity contribution in [3.63, 3.8) is 0 Å². The number of benzene rings is 1. The Morgan fingerprint density at radius 1 is 1.35 bits per heavy atom. The molecule has 0 radical (unpaired) electrons. The van der Waals surface area contributed by atoms with Crippen LogP contribution in [0.2, 0.25) is 0 Å². The molecule has 0 unspecified atom stereocenters. The van der Waals surface area contributed by atoms with E-state index in [4.69, 9.17) is 5.73 Å². The van der Waals surface area contributed by atoms with E-state index in [-0.39, 0.29) is 5.54 Å². The number of rotatable bonds is 2. The van der Waals surface area contributed by atoms with Gasteiger partial charge in [0.2, 0.25) is 0 Å². The molecule has 0 saturated heterocycles. The number of anilines is 1. The molecule has 17 heavy (non-hydrogen) atoms. The normalized spacial score (nSPS) is 17.1. The van der Waals surface area contributed by atoms with Gasteiger partial charge in [0.05, 0.1) is 5.54 Å². The molecule has 0 amide bonds. The molecule has 0 aliphatic heterocycles. The number of nitrogen functional groups attached to an aromatic ring is 1. The summed E-state index contributed by atoms with van der Waals surface area (Å²) in [5.41, 5.74) is 8.91. The highest BCUT2D eigenvalue weighted by molar-refractivity contribution is 5.74. The van der Waals surface area contributed by atoms with Gasteiger partial charge in [0, 0.05) is 11.3 Å². The monoisotopic (exact) mass is 229 g/mol. The third-order valence-electron chi connectivity index (χ3n) is 3.52. The van der Waals surface area contributed by atoms with Gasteiger partial charge in [-0.3, -0.25) is 0 Å². The molecule has 88 valence electrons. The molecular formula is C12H15N5. The number of nitrogens with two attached hydrogens (primary N) is 1. The van der Waals surface area contributed by atoms with Gasteiger partial charge in [-0.25, -0.2) is 4.68 Å². The standard InChI is InChI=1S/C12H15N5/c1-8-4-3-5-9(10(8)13)11-14-15-16-17(11)12(2)6-7-12/h3-5H,6-7,13H2,1-2H3. The molecule has 3 rings (SSSR count). The quantitative estimate of drug-likeness (QED) is 0.796. The van der Waals surface area contributed by atoms with Gasteiger partial charge in [-0.05, 0) is 48.7 Å². The minimum absolute atomic E-state index is 0.0784. The molecule has 1 saturated carbocycles. The van der Waals surface area contributed by atoms with E-state index in [1.165, 1.54) is 0 Å². The van der Waals surface area contributed by atoms with Crippen LogP contribution in [0.1, 0.15) is 25.3 Å². The van der Waals surface area contributed by atoms with Crippen molar-refractivity contribution in [2.24, 2.45) is 0 Å². The summed E-state index contributed by atoms with van der Waals surface area (Å²) < 4.78 is 1.90. The summed E-state index contributed by atoms with van der Waals surface area (Å²) >= 11 is 0. The van der Waals surface area contributed by atoms with E-state index in [1.54, 1.807) is 0 Å². The fourth-order valence-corrected chi connectivity index (χ4v) is 1.99. The van der Waals surface area contributed by atoms with E-state index in [9.17, 15) is 0 Å². The van der Waals surface area contributed by atoms with Crippen molar-refractivity contribution in [3.05, 3.63) is 23.8 Å². The Labute approximate surface area is 99.6 Å². The van der Waals surface area contributed by atoms with E-state index in [1.807, 2.05) is 29.8 Å². The Balaban J connectivity index is 2.16. The van der Waals surface area contributed by atoms with Crippen molar-refractivity contribution in [2.75, 3.05) is 5.73 Å². The number of aromatic nitrogens is 4. The third-order valence-corrected chi connectivity index (χ3v) is 3.52. The van der Waals surface area contributed by atoms with Crippen LogP contribution in [0.15, 0.2) is 18.2 Å². The fraction of sp³-hybridized carbons (Fsp3) is 0.417. The van der Waals surface area contributed by atoms with E-state index >= 15 is 0 Å². The maximum Gasteiger partial charge on any atom is 0.184 e. The first-order valence-electron chi connectivity index (χ1n) is 5.76. The van der Waals surface area contributed by atoms with Gasteiger partial charge in [-0.2, -0.15) is 0 Å². The Morgan fingerprint density at radius 2 is 2.12 bits per heavy atom. The first-order valence-corrected chi connectivity index (χ1v) is 5.76. The topological polar surface area (TPSA) is 69.6 Å². The number of nitrogens with zero attached hydrogens (tertiary/aromatic N) is 4. The predicted octanol–water partition coefficient (Wildman–Crippen LogP) is 1.74. The maximum absolute atomic E-state index is 6.10. The SMILES string of the molecule is Cc1cccc(-c2nnnn2C2(C)CC2)c1N. The van der Waals surface area contributed by atoms with Gasteiger partial charge in [0.1, 0.15) is 0 Å². The van der Waals surface area contributed by atoms with Gasteiger partial charge in [-0.15, -0.1) is 5.10 Å². The summed E-state index contributed by atoms with van der Waals surface area (Å²) in [6.45, 7) is 4.16. The van der Waals surface area contributed by atoms with Gasteiger partial charge in [0.25, 0.3) is 0 Å². The van der Waals surface area contributed by atoms with Crippen LogP contribution in [0.25, 0.3) is 11.4 Å². The zero-order chi connectivity index (χ0) is 12.0. The minimum Gasteiger partial charge on any atom is -0.398 e. The fourth-order valence-electron chi connectivity index (χ4n) is 1.99. The highest BCUT2D eigenvalue weighted by atomic mass is 15.6. The Bertz CT molecular complexity index is 568. The van der Waals surface area contributed by atoms with Gasteiger partial charge < -0.3 is 5.73 Å². The van der Waals surface area contributed by atoms with Crippen LogP contribution in [-0.2, 0) is 5.54 Å². The summed E-state index contributed by atoms with van der Waals surface area (Å²) in [4.78, 5) is 0. The largest absolute Gasteiger partial charge is 0.398 e. The van der Waals surface area contributed by atoms with Crippen molar-refractivity contribution >= 4 is 5.69 Å². The Morgan fingerprint density at radius 3 is 2.82 bits per heavy atom. The van der Waals surface area contributed by atoms with E-state index < -0.39 is 0 Å². The molecule has 5 nitrogen and oxygen atoms in total. The molecule has 5 heteroatoms. The highest BCUT2D eigenvalue weighted by Crippen LogP contribution is 2.44. The van der Waals surface area contributed by atoms with Crippen LogP contribution >= 0.6 is 0 Å². The molecule has 1 aliphatic carbocycles. The second-order valence-electron chi connectivity index (χ2n) is 4.95. The average molecular weight is 229 g/mol. The molecule has 1 aromatic carbocycles. The van der Waals surface area contributed by atoms with Gasteiger partial charge in [0.15, 0.2) is 5.82 Å². The molecule has 0 bridgehead atoms. The first-order chi connectivity index (χ1) is 8.12. The number of tetrazole rings is 1. The summed E-state index contributed by atoms with van der Waals surface area (Å²) in [5.74, 6) is 0.770. The lowest BCUT2D eigenvalue weighted by molar-refractivity contribution is 0.463. The second kappa shape index (κ2) is 3.29. The van der Waals surface area contributed by atoms with Gasteiger partial charge in [-0.1, -0.05) is 12.1 Å². The third kappa shape index (κ3) is 1.50. The van der Waals surface area contributed by atoms with E-state index in [0.29, 0.717) is 0 Å². The van der Waals surface area contributed by atoms with Crippen molar-refractivity contribution in [1.82, 2.24) is 20.2 Å². The lowest BCUT2D eigenvalue weighted by Gasteiger charge is -2.12. The molecule has 2 aromatic rings. The molecular weight excluding hydrogens is 214 g/mol. The van der Waals surface area contributed by atoms with Crippen molar-refractivity contribution in [2.45, 2.75) is 32.2 Å². The average Bonchev–Trinajstić information content (AvgIpc) is 2.88. The maximum atomic E-state index is 6.10. The van der Waals surface area contributed by atoms with Crippen molar-refractivity contribution in [3.8, 4) is 11.4 Å². The molecule has 1 fully saturated rings. The second-order valence-corrected chi connectivity index (χ2v) is 4.95. The zero-order valence-electron chi connectivity index (χ0n) is 10.0. The predicted molar refractivity (Wildman–Crippen MR) is 65.3 cm³/mol. The molecule has 1 aliphatic rings. The number of hydrogen-bond donors (Lipinski definition) is 1. The lowest BCUT2D eigenvalue weighted by Crippen LogP contribution is -2.16. The molecule has 0 atom stereocenters. The minimum atomic E-state index is 0.0784. The van der Waals surface area contributed by atoms with Crippen LogP contribution in [0, 0.1) is 6.92 Å². The first kappa shape index (κ1) is 10.3. The number of aryl methyl sites for hydroxylation is 1. The highest BCUT2D eigenvalue weighted by Gasteiger charge is 2.42. The number of para-hydroxylation sites is 1. The Hall–Kier alpha value is -1.91. The van der Waals surface area contributed by atoms with E-state index in [0.717, 1.165) is 35.5 Å². The van der Waals surface area contributed by atoms with Crippen LogP contribution in [-0.4, -0.2) is 20.2 Å². The summed E-state index contributed by atoms with van der Waals surface area (Å²) in [6.07, 6.45) is 2.24. The smallest absolute Gasteiger partial charge is 0.184 e. The molecule has 0 spiro atoms. The summed E-state index contributed by atoms with van der Waals surface area (Å²) in [6, 6.07) is 5.94. The van der Waals surface area contributed by atoms with Crippen LogP contribution < -0.4 is 5.73 Å². The lowest BCUT2D eigenvalue weighted by atomic mass is 10.1. The van der Waals surface area contributed by atoms with Crippen LogP contribution in [0.4, 0.5) is 5.69 Å². The zero-order valence-corrected chi connectivity index (χ0v) is 10.0. The van der Waals surface area contributed by atoms with Crippen LogP contribution in [0.3, 0.4) is 0 Å². The van der Waals surface area contributed by atoms with E-state index in [2.05, 4.69) is 22.4 Å². The van der Waals surface area contributed by atoms with Gasteiger partial charge >= 0.3 is 0 Å². The molecule has 2 N–H and O–H groups in total. The molecule has 1 aromatic heterocycles. The van der Waals surface area contributed by atoms with Crippen LogP contribution in [0.5, 0.6) is 0 Å². The van der Waals surface area contributed by atoms with Crippen molar-refractivity contribution < 1.29 is 0 Å². The number of hydrogen-bond acceptors (Lipinski definition) is 4. The molecule has 1 heterocycles. The summed E-state index contributed by atoms with van der Waals surface area (Å²) in [7, 11) is 0. The Kier molecular flexibility index (Phi) is 1.98.